The van der Waals surface area contributed by atoms with Gasteiger partial charge in [0, 0.05) is 54.0 Å². The molecule has 3 heterocycles. The average Bonchev–Trinajstić information content (AvgIpc) is 3.12. The van der Waals surface area contributed by atoms with Crippen LogP contribution in [0.5, 0.6) is 0 Å². The Morgan fingerprint density at radius 3 is 2.69 bits per heavy atom. The first-order valence-electron chi connectivity index (χ1n) is 8.46. The Hall–Kier alpha value is -1.89. The van der Waals surface area contributed by atoms with Gasteiger partial charge in [0.05, 0.1) is 5.69 Å². The molecule has 26 heavy (non-hydrogen) atoms. The van der Waals surface area contributed by atoms with Gasteiger partial charge in [-0.05, 0) is 46.3 Å². The van der Waals surface area contributed by atoms with Crippen LogP contribution < -0.4 is 4.90 Å². The van der Waals surface area contributed by atoms with Crippen LogP contribution in [0.3, 0.4) is 0 Å². The molecule has 1 fully saturated rings. The Balaban J connectivity index is 1.35. The van der Waals surface area contributed by atoms with Crippen molar-refractivity contribution >= 4 is 33.3 Å². The number of hydrogen-bond acceptors (Lipinski definition) is 5. The highest BCUT2D eigenvalue weighted by molar-refractivity contribution is 9.10. The summed E-state index contributed by atoms with van der Waals surface area (Å²) in [4.78, 5) is 13.8. The maximum absolute atomic E-state index is 6.04. The van der Waals surface area contributed by atoms with Crippen molar-refractivity contribution in [3.05, 3.63) is 64.0 Å². The van der Waals surface area contributed by atoms with E-state index in [4.69, 9.17) is 16.0 Å². The van der Waals surface area contributed by atoms with Crippen molar-refractivity contribution in [3.63, 3.8) is 0 Å². The van der Waals surface area contributed by atoms with Crippen LogP contribution in [0, 0.1) is 0 Å². The first-order chi connectivity index (χ1) is 12.7. The fourth-order valence-electron chi connectivity index (χ4n) is 3.05. The van der Waals surface area contributed by atoms with Gasteiger partial charge in [-0.25, -0.2) is 9.97 Å². The van der Waals surface area contributed by atoms with Crippen LogP contribution in [0.4, 0.5) is 5.82 Å². The van der Waals surface area contributed by atoms with Gasteiger partial charge < -0.3 is 9.32 Å². The number of hydrogen-bond donors (Lipinski definition) is 0. The first-order valence-corrected chi connectivity index (χ1v) is 9.64. The van der Waals surface area contributed by atoms with Crippen molar-refractivity contribution < 1.29 is 4.42 Å². The number of halogens is 2. The van der Waals surface area contributed by atoms with Gasteiger partial charge in [0.15, 0.2) is 0 Å². The predicted octanol–water partition coefficient (Wildman–Crippen LogP) is 4.47. The van der Waals surface area contributed by atoms with Crippen molar-refractivity contribution in [3.8, 4) is 11.5 Å². The third-order valence-electron chi connectivity index (χ3n) is 4.42. The zero-order chi connectivity index (χ0) is 17.9. The van der Waals surface area contributed by atoms with Gasteiger partial charge in [-0.3, -0.25) is 4.90 Å². The highest BCUT2D eigenvalue weighted by Gasteiger charge is 2.19. The largest absolute Gasteiger partial charge is 0.444 e. The molecule has 4 rings (SSSR count). The molecule has 2 aromatic heterocycles. The lowest BCUT2D eigenvalue weighted by Crippen LogP contribution is -2.46. The predicted molar refractivity (Wildman–Crippen MR) is 106 cm³/mol. The molecular weight excluding hydrogens is 416 g/mol. The molecule has 7 heteroatoms. The van der Waals surface area contributed by atoms with Crippen LogP contribution in [0.1, 0.15) is 5.69 Å². The molecule has 0 amide bonds. The molecule has 134 valence electrons. The average molecular weight is 434 g/mol. The van der Waals surface area contributed by atoms with Crippen molar-refractivity contribution in [1.82, 2.24) is 14.9 Å². The quantitative estimate of drug-likeness (QED) is 0.607. The number of oxazole rings is 1. The van der Waals surface area contributed by atoms with Crippen LogP contribution in [0.15, 0.2) is 57.7 Å². The highest BCUT2D eigenvalue weighted by atomic mass is 79.9. The van der Waals surface area contributed by atoms with E-state index in [9.17, 15) is 0 Å². The van der Waals surface area contributed by atoms with Crippen molar-refractivity contribution in [2.75, 3.05) is 31.1 Å². The van der Waals surface area contributed by atoms with E-state index in [1.54, 1.807) is 6.26 Å². The second-order valence-corrected chi connectivity index (χ2v) is 7.60. The number of anilines is 1. The normalized spacial score (nSPS) is 15.4. The van der Waals surface area contributed by atoms with Crippen LogP contribution in [-0.2, 0) is 6.54 Å². The van der Waals surface area contributed by atoms with Gasteiger partial charge >= 0.3 is 0 Å². The molecule has 0 unspecified atom stereocenters. The number of benzene rings is 1. The molecule has 1 saturated heterocycles. The zero-order valence-electron chi connectivity index (χ0n) is 14.1. The van der Waals surface area contributed by atoms with E-state index < -0.39 is 0 Å². The summed E-state index contributed by atoms with van der Waals surface area (Å²) >= 11 is 9.47. The minimum atomic E-state index is 0.611. The lowest BCUT2D eigenvalue weighted by molar-refractivity contribution is 0.246. The summed E-state index contributed by atoms with van der Waals surface area (Å²) in [6.07, 6.45) is 3.58. The van der Waals surface area contributed by atoms with E-state index in [1.165, 1.54) is 0 Å². The summed E-state index contributed by atoms with van der Waals surface area (Å²) < 4.78 is 6.63. The van der Waals surface area contributed by atoms with E-state index in [1.807, 2.05) is 36.5 Å². The molecule has 5 nitrogen and oxygen atoms in total. The monoisotopic (exact) mass is 432 g/mol. The summed E-state index contributed by atoms with van der Waals surface area (Å²) in [5.41, 5.74) is 1.84. The van der Waals surface area contributed by atoms with Crippen LogP contribution in [0.25, 0.3) is 11.5 Å². The molecule has 0 spiro atoms. The maximum atomic E-state index is 6.04. The SMILES string of the molecule is Clc1cccc(-c2nc(CN3CCN(c4ccc(Br)cn4)CC3)co2)c1. The van der Waals surface area contributed by atoms with Crippen molar-refractivity contribution in [1.29, 1.82) is 0 Å². The van der Waals surface area contributed by atoms with E-state index in [2.05, 4.69) is 41.8 Å². The summed E-state index contributed by atoms with van der Waals surface area (Å²) in [6.45, 7) is 4.63. The first kappa shape index (κ1) is 17.5. The number of aromatic nitrogens is 2. The minimum Gasteiger partial charge on any atom is -0.444 e. The molecule has 1 aliphatic rings. The molecule has 1 aromatic carbocycles. The zero-order valence-corrected chi connectivity index (χ0v) is 16.4. The van der Waals surface area contributed by atoms with Gasteiger partial charge in [0.1, 0.15) is 12.1 Å². The lowest BCUT2D eigenvalue weighted by atomic mass is 10.2. The Labute approximate surface area is 165 Å². The van der Waals surface area contributed by atoms with Crippen LogP contribution in [0.2, 0.25) is 5.02 Å². The summed E-state index contributed by atoms with van der Waals surface area (Å²) in [5, 5.41) is 0.680. The minimum absolute atomic E-state index is 0.611. The van der Waals surface area contributed by atoms with Gasteiger partial charge in [0.2, 0.25) is 5.89 Å². The molecule has 0 N–H and O–H groups in total. The second-order valence-electron chi connectivity index (χ2n) is 6.25. The molecule has 0 atom stereocenters. The topological polar surface area (TPSA) is 45.4 Å². The smallest absolute Gasteiger partial charge is 0.226 e. The molecule has 3 aromatic rings. The van der Waals surface area contributed by atoms with E-state index in [-0.39, 0.29) is 0 Å². The van der Waals surface area contributed by atoms with Crippen LogP contribution in [-0.4, -0.2) is 41.0 Å². The number of pyridine rings is 1. The fraction of sp³-hybridized carbons (Fsp3) is 0.263. The number of nitrogens with zero attached hydrogens (tertiary/aromatic N) is 4. The Kier molecular flexibility index (Phi) is 5.24. The van der Waals surface area contributed by atoms with Crippen LogP contribution >= 0.6 is 27.5 Å². The Bertz CT molecular complexity index is 875. The lowest BCUT2D eigenvalue weighted by Gasteiger charge is -2.34. The van der Waals surface area contributed by atoms with E-state index in [0.29, 0.717) is 10.9 Å². The fourth-order valence-corrected chi connectivity index (χ4v) is 3.48. The molecule has 0 saturated carbocycles. The van der Waals surface area contributed by atoms with Gasteiger partial charge in [0.25, 0.3) is 0 Å². The van der Waals surface area contributed by atoms with E-state index in [0.717, 1.165) is 54.3 Å². The molecule has 0 aliphatic carbocycles. The van der Waals surface area contributed by atoms with Gasteiger partial charge in [-0.2, -0.15) is 0 Å². The van der Waals surface area contributed by atoms with Gasteiger partial charge in [-0.1, -0.05) is 17.7 Å². The number of piperazine rings is 1. The Morgan fingerprint density at radius 1 is 1.12 bits per heavy atom. The van der Waals surface area contributed by atoms with Gasteiger partial charge in [-0.15, -0.1) is 0 Å². The third-order valence-corrected chi connectivity index (χ3v) is 5.12. The Morgan fingerprint density at radius 2 is 1.96 bits per heavy atom. The van der Waals surface area contributed by atoms with E-state index >= 15 is 0 Å². The van der Waals surface area contributed by atoms with Crippen molar-refractivity contribution in [2.24, 2.45) is 0 Å². The highest BCUT2D eigenvalue weighted by Crippen LogP contribution is 2.23. The standard InChI is InChI=1S/C19H18BrClN4O/c20-15-4-5-18(22-11-15)25-8-6-24(7-9-25)12-17-13-26-19(23-17)14-2-1-3-16(21)10-14/h1-5,10-11,13H,6-9,12H2. The summed E-state index contributed by atoms with van der Waals surface area (Å²) in [6, 6.07) is 11.6. The molecule has 1 aliphatic heterocycles. The molecule has 0 bridgehead atoms. The third kappa shape index (κ3) is 4.09. The molecule has 0 radical (unpaired) electrons. The second kappa shape index (κ2) is 7.78. The maximum Gasteiger partial charge on any atom is 0.226 e. The summed E-state index contributed by atoms with van der Waals surface area (Å²) in [5.74, 6) is 1.64. The number of rotatable bonds is 4. The van der Waals surface area contributed by atoms with Crippen molar-refractivity contribution in [2.45, 2.75) is 6.54 Å². The summed E-state index contributed by atoms with van der Waals surface area (Å²) in [7, 11) is 0. The molecular formula is C19H18BrClN4O.